The molecule has 1 aromatic carbocycles. The van der Waals surface area contributed by atoms with E-state index < -0.39 is 23.7 Å². The van der Waals surface area contributed by atoms with E-state index in [1.165, 1.54) is 23.1 Å². The number of hydrogen-bond donors (Lipinski definition) is 2. The smallest absolute Gasteiger partial charge is 0.353 e. The minimum Gasteiger partial charge on any atom is -0.353 e. The van der Waals surface area contributed by atoms with Crippen LogP contribution >= 0.6 is 0 Å². The molecule has 152 valence electrons. The predicted octanol–water partition coefficient (Wildman–Crippen LogP) is 0.354. The van der Waals surface area contributed by atoms with E-state index in [1.807, 2.05) is 0 Å². The number of nitrogens with one attached hydrogen (secondary N) is 2. The Bertz CT molecular complexity index is 769. The summed E-state index contributed by atoms with van der Waals surface area (Å²) in [5.74, 6) is -1.04. The molecule has 28 heavy (non-hydrogen) atoms. The van der Waals surface area contributed by atoms with Crippen LogP contribution in [0, 0.1) is 0 Å². The fourth-order valence-electron chi connectivity index (χ4n) is 3.47. The van der Waals surface area contributed by atoms with Gasteiger partial charge in [0.25, 0.3) is 0 Å². The maximum atomic E-state index is 13.3. The summed E-state index contributed by atoms with van der Waals surface area (Å²) in [7, 11) is 0. The first-order valence-electron chi connectivity index (χ1n) is 8.97. The molecule has 2 heterocycles. The molecule has 2 fully saturated rings. The van der Waals surface area contributed by atoms with Gasteiger partial charge in [-0.1, -0.05) is 18.2 Å². The standard InChI is InChI=1S/C18H21F3N4O3/c19-18(20,21)13-4-2-1-3-12(13)10-24-7-6-23-17(28)14(24)9-16(27)25-8-5-22-15(26)11-25/h1-4,14H,5-11H2,(H,22,26)(H,23,28). The molecule has 10 heteroatoms. The molecular formula is C18H21F3N4O3. The SMILES string of the molecule is O=C1CN(C(=O)CC2C(=O)NCCN2Cc2ccccc2C(F)(F)F)CCN1. The second-order valence-electron chi connectivity index (χ2n) is 6.80. The highest BCUT2D eigenvalue weighted by atomic mass is 19.4. The highest BCUT2D eigenvalue weighted by Crippen LogP contribution is 2.32. The normalized spacial score (nSPS) is 21.2. The molecule has 7 nitrogen and oxygen atoms in total. The average molecular weight is 398 g/mol. The van der Waals surface area contributed by atoms with Crippen LogP contribution in [0.4, 0.5) is 13.2 Å². The van der Waals surface area contributed by atoms with Gasteiger partial charge in [-0.15, -0.1) is 0 Å². The summed E-state index contributed by atoms with van der Waals surface area (Å²) in [6, 6.07) is 4.33. The second-order valence-corrected chi connectivity index (χ2v) is 6.80. The molecule has 0 aliphatic carbocycles. The Labute approximate surface area is 159 Å². The van der Waals surface area contributed by atoms with Gasteiger partial charge in [-0.25, -0.2) is 0 Å². The lowest BCUT2D eigenvalue weighted by molar-refractivity contribution is -0.142. The number of amides is 3. The third-order valence-electron chi connectivity index (χ3n) is 4.90. The molecule has 2 N–H and O–H groups in total. The van der Waals surface area contributed by atoms with E-state index in [1.54, 1.807) is 4.90 Å². The van der Waals surface area contributed by atoms with Gasteiger partial charge in [0.15, 0.2) is 0 Å². The number of nitrogens with zero attached hydrogens (tertiary/aromatic N) is 2. The van der Waals surface area contributed by atoms with Crippen LogP contribution in [0.15, 0.2) is 24.3 Å². The third kappa shape index (κ3) is 4.61. The number of hydrogen-bond acceptors (Lipinski definition) is 4. The summed E-state index contributed by atoms with van der Waals surface area (Å²) < 4.78 is 39.8. The van der Waals surface area contributed by atoms with Crippen LogP contribution in [-0.4, -0.2) is 66.3 Å². The first-order chi connectivity index (χ1) is 13.3. The quantitative estimate of drug-likeness (QED) is 0.767. The molecule has 1 unspecified atom stereocenters. The van der Waals surface area contributed by atoms with Crippen LogP contribution in [0.25, 0.3) is 0 Å². The van der Waals surface area contributed by atoms with E-state index in [0.717, 1.165) is 6.07 Å². The van der Waals surface area contributed by atoms with Gasteiger partial charge in [0, 0.05) is 32.7 Å². The molecule has 2 aliphatic rings. The van der Waals surface area contributed by atoms with Gasteiger partial charge < -0.3 is 15.5 Å². The molecule has 0 saturated carbocycles. The van der Waals surface area contributed by atoms with Crippen molar-refractivity contribution < 1.29 is 27.6 Å². The number of carbonyl (C=O) groups is 3. The van der Waals surface area contributed by atoms with Crippen molar-refractivity contribution >= 4 is 17.7 Å². The highest BCUT2D eigenvalue weighted by Gasteiger charge is 2.37. The van der Waals surface area contributed by atoms with E-state index >= 15 is 0 Å². The summed E-state index contributed by atoms with van der Waals surface area (Å²) in [4.78, 5) is 39.3. The van der Waals surface area contributed by atoms with Crippen molar-refractivity contribution in [3.8, 4) is 0 Å². The first kappa shape index (κ1) is 20.1. The van der Waals surface area contributed by atoms with Crippen molar-refractivity contribution in [2.24, 2.45) is 0 Å². The van der Waals surface area contributed by atoms with Crippen LogP contribution in [0.2, 0.25) is 0 Å². The fraction of sp³-hybridized carbons (Fsp3) is 0.500. The molecule has 0 aromatic heterocycles. The van der Waals surface area contributed by atoms with Crippen LogP contribution in [0.3, 0.4) is 0 Å². The van der Waals surface area contributed by atoms with E-state index in [4.69, 9.17) is 0 Å². The van der Waals surface area contributed by atoms with Gasteiger partial charge in [-0.05, 0) is 11.6 Å². The summed E-state index contributed by atoms with van der Waals surface area (Å²) in [6.45, 7) is 1.13. The molecule has 2 saturated heterocycles. The van der Waals surface area contributed by atoms with Gasteiger partial charge in [0.2, 0.25) is 17.7 Å². The lowest BCUT2D eigenvalue weighted by Gasteiger charge is -2.36. The van der Waals surface area contributed by atoms with E-state index in [2.05, 4.69) is 10.6 Å². The Hall–Kier alpha value is -2.62. The number of alkyl halides is 3. The van der Waals surface area contributed by atoms with Crippen molar-refractivity contribution in [2.45, 2.75) is 25.2 Å². The Balaban J connectivity index is 1.75. The zero-order valence-electron chi connectivity index (χ0n) is 15.1. The number of carbonyl (C=O) groups excluding carboxylic acids is 3. The van der Waals surface area contributed by atoms with Crippen molar-refractivity contribution in [2.75, 3.05) is 32.7 Å². The van der Waals surface area contributed by atoms with Gasteiger partial charge in [0.1, 0.15) is 0 Å². The lowest BCUT2D eigenvalue weighted by Crippen LogP contribution is -2.57. The highest BCUT2D eigenvalue weighted by molar-refractivity contribution is 5.91. The number of rotatable bonds is 4. The molecule has 0 radical (unpaired) electrons. The van der Waals surface area contributed by atoms with Gasteiger partial charge in [-0.2, -0.15) is 13.2 Å². The molecule has 1 atom stereocenters. The average Bonchev–Trinajstić information content (AvgIpc) is 2.64. The van der Waals surface area contributed by atoms with Crippen molar-refractivity contribution in [1.82, 2.24) is 20.4 Å². The van der Waals surface area contributed by atoms with Crippen LogP contribution in [-0.2, 0) is 27.1 Å². The Morgan fingerprint density at radius 3 is 2.54 bits per heavy atom. The fourth-order valence-corrected chi connectivity index (χ4v) is 3.47. The van der Waals surface area contributed by atoms with Crippen molar-refractivity contribution in [3.63, 3.8) is 0 Å². The number of piperazine rings is 2. The zero-order valence-corrected chi connectivity index (χ0v) is 15.1. The lowest BCUT2D eigenvalue weighted by atomic mass is 10.0. The summed E-state index contributed by atoms with van der Waals surface area (Å²) in [5, 5.41) is 5.27. The maximum Gasteiger partial charge on any atom is 0.416 e. The largest absolute Gasteiger partial charge is 0.416 e. The Kier molecular flexibility index (Phi) is 5.87. The molecule has 3 rings (SSSR count). The number of halogens is 3. The zero-order chi connectivity index (χ0) is 20.3. The Morgan fingerprint density at radius 2 is 1.82 bits per heavy atom. The van der Waals surface area contributed by atoms with E-state index in [-0.39, 0.29) is 36.9 Å². The van der Waals surface area contributed by atoms with Crippen molar-refractivity contribution in [1.29, 1.82) is 0 Å². The monoisotopic (exact) mass is 398 g/mol. The second kappa shape index (κ2) is 8.17. The minimum atomic E-state index is -4.50. The topological polar surface area (TPSA) is 81.8 Å². The molecular weight excluding hydrogens is 377 g/mol. The van der Waals surface area contributed by atoms with E-state index in [0.29, 0.717) is 26.2 Å². The van der Waals surface area contributed by atoms with Gasteiger partial charge in [0.05, 0.1) is 24.6 Å². The summed E-state index contributed by atoms with van der Waals surface area (Å²) in [6.07, 6.45) is -4.69. The maximum absolute atomic E-state index is 13.3. The van der Waals surface area contributed by atoms with Crippen molar-refractivity contribution in [3.05, 3.63) is 35.4 Å². The first-order valence-corrected chi connectivity index (χ1v) is 8.97. The molecule has 0 bridgehead atoms. The van der Waals surface area contributed by atoms with Crippen LogP contribution < -0.4 is 10.6 Å². The van der Waals surface area contributed by atoms with E-state index in [9.17, 15) is 27.6 Å². The Morgan fingerprint density at radius 1 is 1.11 bits per heavy atom. The van der Waals surface area contributed by atoms with Crippen LogP contribution in [0.1, 0.15) is 17.5 Å². The van der Waals surface area contributed by atoms with Gasteiger partial charge >= 0.3 is 6.18 Å². The molecule has 3 amide bonds. The molecule has 1 aromatic rings. The molecule has 2 aliphatic heterocycles. The van der Waals surface area contributed by atoms with Crippen LogP contribution in [0.5, 0.6) is 0 Å². The number of benzene rings is 1. The predicted molar refractivity (Wildman–Crippen MR) is 92.9 cm³/mol. The molecule has 0 spiro atoms. The minimum absolute atomic E-state index is 0.0551. The summed E-state index contributed by atoms with van der Waals surface area (Å²) in [5.41, 5.74) is -0.696. The van der Waals surface area contributed by atoms with Gasteiger partial charge in [-0.3, -0.25) is 19.3 Å². The third-order valence-corrected chi connectivity index (χ3v) is 4.90. The summed E-state index contributed by atoms with van der Waals surface area (Å²) >= 11 is 0.